The van der Waals surface area contributed by atoms with Crippen LogP contribution in [0, 0.1) is 6.92 Å². The van der Waals surface area contributed by atoms with Gasteiger partial charge in [-0.3, -0.25) is 9.29 Å². The normalized spacial score (nSPS) is 14.3. The Bertz CT molecular complexity index is 978. The maximum Gasteiger partial charge on any atom is 0.274 e. The van der Waals surface area contributed by atoms with Gasteiger partial charge in [0, 0.05) is 11.1 Å². The third-order valence-corrected chi connectivity index (χ3v) is 7.86. The van der Waals surface area contributed by atoms with Crippen LogP contribution in [0.2, 0.25) is 0 Å². The molecule has 0 fully saturated rings. The zero-order chi connectivity index (χ0) is 16.7. The number of nitrogens with zero attached hydrogens (tertiary/aromatic N) is 2. The Balaban J connectivity index is 1.82. The number of thiazole rings is 1. The van der Waals surface area contributed by atoms with Crippen molar-refractivity contribution in [3.63, 3.8) is 0 Å². The van der Waals surface area contributed by atoms with E-state index >= 15 is 0 Å². The monoisotopic (exact) mass is 378 g/mol. The summed E-state index contributed by atoms with van der Waals surface area (Å²) in [6.45, 7) is 2.55. The SMILES string of the molecule is Cc1ccc(S(=O)(=O)N2CCOc3ccc(-c4cncs4)cc32)s1. The van der Waals surface area contributed by atoms with Crippen LogP contribution in [-0.4, -0.2) is 26.6 Å². The lowest BCUT2D eigenvalue weighted by atomic mass is 10.1. The minimum Gasteiger partial charge on any atom is -0.489 e. The van der Waals surface area contributed by atoms with E-state index in [0.29, 0.717) is 28.8 Å². The molecule has 0 N–H and O–H groups in total. The highest BCUT2D eigenvalue weighted by Gasteiger charge is 2.31. The predicted molar refractivity (Wildman–Crippen MR) is 96.6 cm³/mol. The molecule has 0 amide bonds. The maximum absolute atomic E-state index is 13.0. The average Bonchev–Trinajstić information content (AvgIpc) is 3.25. The van der Waals surface area contributed by atoms with Crippen molar-refractivity contribution >= 4 is 38.4 Å². The summed E-state index contributed by atoms with van der Waals surface area (Å²) in [4.78, 5) is 6.05. The number of benzene rings is 1. The minimum atomic E-state index is -3.58. The Morgan fingerprint density at radius 1 is 1.25 bits per heavy atom. The van der Waals surface area contributed by atoms with Gasteiger partial charge in [-0.2, -0.15) is 0 Å². The molecule has 0 atom stereocenters. The summed E-state index contributed by atoms with van der Waals surface area (Å²) in [6, 6.07) is 9.10. The van der Waals surface area contributed by atoms with E-state index in [4.69, 9.17) is 4.74 Å². The number of sulfonamides is 1. The molecule has 3 heterocycles. The first kappa shape index (κ1) is 15.6. The molecule has 5 nitrogen and oxygen atoms in total. The lowest BCUT2D eigenvalue weighted by molar-refractivity contribution is 0.316. The van der Waals surface area contributed by atoms with Gasteiger partial charge in [0.05, 0.1) is 22.6 Å². The number of thiophene rings is 1. The number of ether oxygens (including phenoxy) is 1. The molecule has 0 bridgehead atoms. The van der Waals surface area contributed by atoms with Crippen molar-refractivity contribution in [2.45, 2.75) is 11.1 Å². The molecule has 1 aliphatic rings. The summed E-state index contributed by atoms with van der Waals surface area (Å²) < 4.78 is 33.5. The van der Waals surface area contributed by atoms with Gasteiger partial charge in [0.25, 0.3) is 10.0 Å². The second kappa shape index (κ2) is 5.87. The first-order chi connectivity index (χ1) is 11.6. The number of aryl methyl sites for hydroxylation is 1. The second-order valence-corrected chi connectivity index (χ2v) is 9.60. The maximum atomic E-state index is 13.0. The van der Waals surface area contributed by atoms with Crippen LogP contribution in [0.3, 0.4) is 0 Å². The van der Waals surface area contributed by atoms with Gasteiger partial charge in [0.2, 0.25) is 0 Å². The molecular formula is C16H14N2O3S3. The van der Waals surface area contributed by atoms with E-state index in [2.05, 4.69) is 4.98 Å². The van der Waals surface area contributed by atoms with Gasteiger partial charge in [0.15, 0.2) is 0 Å². The highest BCUT2D eigenvalue weighted by atomic mass is 32.2. The Labute approximate surface area is 148 Å². The van der Waals surface area contributed by atoms with Gasteiger partial charge < -0.3 is 4.74 Å². The van der Waals surface area contributed by atoms with Gasteiger partial charge in [-0.1, -0.05) is 0 Å². The van der Waals surface area contributed by atoms with Crippen LogP contribution in [0.1, 0.15) is 4.88 Å². The Kier molecular flexibility index (Phi) is 3.82. The second-order valence-electron chi connectivity index (χ2n) is 5.34. The first-order valence-corrected chi connectivity index (χ1v) is 10.4. The molecule has 4 rings (SSSR count). The molecule has 124 valence electrons. The number of hydrogen-bond donors (Lipinski definition) is 0. The molecule has 0 saturated carbocycles. The van der Waals surface area contributed by atoms with E-state index in [1.54, 1.807) is 17.8 Å². The van der Waals surface area contributed by atoms with E-state index in [1.807, 2.05) is 31.2 Å². The molecule has 2 aromatic heterocycles. The van der Waals surface area contributed by atoms with Crippen LogP contribution < -0.4 is 9.04 Å². The van der Waals surface area contributed by atoms with Crippen molar-refractivity contribution < 1.29 is 13.2 Å². The zero-order valence-corrected chi connectivity index (χ0v) is 15.2. The van der Waals surface area contributed by atoms with E-state index < -0.39 is 10.0 Å². The Morgan fingerprint density at radius 2 is 2.12 bits per heavy atom. The molecule has 1 aromatic carbocycles. The van der Waals surface area contributed by atoms with Crippen LogP contribution in [0.4, 0.5) is 5.69 Å². The molecule has 3 aromatic rings. The lowest BCUT2D eigenvalue weighted by Crippen LogP contribution is -2.37. The summed E-state index contributed by atoms with van der Waals surface area (Å²) in [5.74, 6) is 0.589. The average molecular weight is 378 g/mol. The summed E-state index contributed by atoms with van der Waals surface area (Å²) in [7, 11) is -3.58. The van der Waals surface area contributed by atoms with Crippen molar-refractivity contribution in [2.24, 2.45) is 0 Å². The molecule has 8 heteroatoms. The molecule has 0 saturated heterocycles. The molecule has 0 radical (unpaired) electrons. The van der Waals surface area contributed by atoms with Gasteiger partial charge in [-0.05, 0) is 42.8 Å². The van der Waals surface area contributed by atoms with Gasteiger partial charge in [0.1, 0.15) is 16.6 Å². The molecule has 0 unspecified atom stereocenters. The minimum absolute atomic E-state index is 0.304. The molecule has 0 spiro atoms. The third-order valence-electron chi connectivity index (χ3n) is 3.76. The van der Waals surface area contributed by atoms with E-state index in [0.717, 1.165) is 15.3 Å². The van der Waals surface area contributed by atoms with Crippen LogP contribution >= 0.6 is 22.7 Å². The molecule has 0 aliphatic carbocycles. The van der Waals surface area contributed by atoms with Crippen molar-refractivity contribution in [1.29, 1.82) is 0 Å². The van der Waals surface area contributed by atoms with E-state index in [-0.39, 0.29) is 0 Å². The third kappa shape index (κ3) is 2.60. The molecule has 24 heavy (non-hydrogen) atoms. The standard InChI is InChI=1S/C16H14N2O3S3/c1-11-2-5-16(23-11)24(19,20)18-6-7-21-14-4-3-12(8-13(14)18)15-9-17-10-22-15/h2-5,8-10H,6-7H2,1H3. The van der Waals surface area contributed by atoms with Crippen LogP contribution in [0.15, 0.2) is 46.2 Å². The fourth-order valence-corrected chi connectivity index (χ4v) is 6.08. The van der Waals surface area contributed by atoms with Crippen molar-refractivity contribution in [2.75, 3.05) is 17.5 Å². The van der Waals surface area contributed by atoms with Crippen molar-refractivity contribution in [3.05, 3.63) is 46.9 Å². The van der Waals surface area contributed by atoms with Crippen LogP contribution in [-0.2, 0) is 10.0 Å². The summed E-state index contributed by atoms with van der Waals surface area (Å²) in [5.41, 5.74) is 3.27. The quantitative estimate of drug-likeness (QED) is 0.696. The molecular weight excluding hydrogens is 364 g/mol. The summed E-state index contributed by atoms with van der Waals surface area (Å²) in [6.07, 6.45) is 1.78. The highest BCUT2D eigenvalue weighted by Crippen LogP contribution is 2.39. The smallest absolute Gasteiger partial charge is 0.274 e. The number of anilines is 1. The van der Waals surface area contributed by atoms with Crippen LogP contribution in [0.25, 0.3) is 10.4 Å². The number of rotatable bonds is 3. The van der Waals surface area contributed by atoms with Gasteiger partial charge in [-0.25, -0.2) is 8.42 Å². The van der Waals surface area contributed by atoms with Crippen LogP contribution in [0.5, 0.6) is 5.75 Å². The van der Waals surface area contributed by atoms with E-state index in [9.17, 15) is 8.42 Å². The Morgan fingerprint density at radius 3 is 2.83 bits per heavy atom. The predicted octanol–water partition coefficient (Wildman–Crippen LogP) is 3.77. The number of aromatic nitrogens is 1. The first-order valence-electron chi connectivity index (χ1n) is 7.30. The van der Waals surface area contributed by atoms with Gasteiger partial charge >= 0.3 is 0 Å². The zero-order valence-electron chi connectivity index (χ0n) is 12.8. The lowest BCUT2D eigenvalue weighted by Gasteiger charge is -2.30. The van der Waals surface area contributed by atoms with Crippen molar-refractivity contribution in [1.82, 2.24) is 4.98 Å². The number of fused-ring (bicyclic) bond motifs is 1. The van der Waals surface area contributed by atoms with Gasteiger partial charge in [-0.15, -0.1) is 22.7 Å². The fourth-order valence-electron chi connectivity index (χ4n) is 2.61. The largest absolute Gasteiger partial charge is 0.489 e. The fraction of sp³-hybridized carbons (Fsp3) is 0.188. The topological polar surface area (TPSA) is 59.5 Å². The van der Waals surface area contributed by atoms with Crippen molar-refractivity contribution in [3.8, 4) is 16.2 Å². The number of hydrogen-bond acceptors (Lipinski definition) is 6. The summed E-state index contributed by atoms with van der Waals surface area (Å²) >= 11 is 2.80. The highest BCUT2D eigenvalue weighted by molar-refractivity contribution is 7.94. The van der Waals surface area contributed by atoms with E-state index in [1.165, 1.54) is 27.0 Å². The molecule has 1 aliphatic heterocycles. The Hall–Kier alpha value is -1.90. The summed E-state index contributed by atoms with van der Waals surface area (Å²) in [5, 5.41) is 0.